The SMILES string of the molecule is C[C@@H](CNC(=O)[C@H](C)n1cccn1)Oc1ccccc1. The molecule has 0 bridgehead atoms. The van der Waals surface area contributed by atoms with Crippen LogP contribution in [0.3, 0.4) is 0 Å². The van der Waals surface area contributed by atoms with Crippen LogP contribution < -0.4 is 10.1 Å². The molecule has 0 fully saturated rings. The van der Waals surface area contributed by atoms with E-state index in [2.05, 4.69) is 10.4 Å². The van der Waals surface area contributed by atoms with Gasteiger partial charge in [-0.15, -0.1) is 0 Å². The summed E-state index contributed by atoms with van der Waals surface area (Å²) in [7, 11) is 0. The summed E-state index contributed by atoms with van der Waals surface area (Å²) in [6.45, 7) is 4.19. The predicted octanol–water partition coefficient (Wildman–Crippen LogP) is 2.03. The van der Waals surface area contributed by atoms with Gasteiger partial charge in [-0.25, -0.2) is 0 Å². The number of nitrogens with one attached hydrogen (secondary N) is 1. The Labute approximate surface area is 118 Å². The van der Waals surface area contributed by atoms with E-state index in [9.17, 15) is 4.79 Å². The average Bonchev–Trinajstić information content (AvgIpc) is 2.99. The van der Waals surface area contributed by atoms with Crippen molar-refractivity contribution in [2.75, 3.05) is 6.54 Å². The monoisotopic (exact) mass is 273 g/mol. The van der Waals surface area contributed by atoms with Crippen molar-refractivity contribution >= 4 is 5.91 Å². The summed E-state index contributed by atoms with van der Waals surface area (Å²) < 4.78 is 7.32. The second-order valence-corrected chi connectivity index (χ2v) is 4.65. The molecule has 2 atom stereocenters. The second-order valence-electron chi connectivity index (χ2n) is 4.65. The highest BCUT2D eigenvalue weighted by atomic mass is 16.5. The maximum absolute atomic E-state index is 12.0. The molecule has 0 spiro atoms. The molecule has 0 aliphatic heterocycles. The average molecular weight is 273 g/mol. The largest absolute Gasteiger partial charge is 0.489 e. The molecule has 0 aliphatic carbocycles. The van der Waals surface area contributed by atoms with Gasteiger partial charge in [0.1, 0.15) is 17.9 Å². The standard InChI is InChI=1S/C15H19N3O2/c1-12(20-14-7-4-3-5-8-14)11-16-15(19)13(2)18-10-6-9-17-18/h3-10,12-13H,11H2,1-2H3,(H,16,19)/t12-,13-/m0/s1. The van der Waals surface area contributed by atoms with Crippen LogP contribution in [0.4, 0.5) is 0 Å². The molecule has 20 heavy (non-hydrogen) atoms. The van der Waals surface area contributed by atoms with Crippen molar-refractivity contribution in [1.29, 1.82) is 0 Å². The summed E-state index contributed by atoms with van der Waals surface area (Å²) in [6, 6.07) is 11.0. The smallest absolute Gasteiger partial charge is 0.244 e. The van der Waals surface area contributed by atoms with Gasteiger partial charge in [0.2, 0.25) is 5.91 Å². The van der Waals surface area contributed by atoms with Crippen molar-refractivity contribution in [3.05, 3.63) is 48.8 Å². The lowest BCUT2D eigenvalue weighted by Gasteiger charge is -2.17. The van der Waals surface area contributed by atoms with Crippen molar-refractivity contribution < 1.29 is 9.53 Å². The van der Waals surface area contributed by atoms with Gasteiger partial charge in [0.15, 0.2) is 0 Å². The summed E-state index contributed by atoms with van der Waals surface area (Å²) in [4.78, 5) is 12.0. The lowest BCUT2D eigenvalue weighted by molar-refractivity contribution is -0.124. The van der Waals surface area contributed by atoms with Crippen molar-refractivity contribution in [3.8, 4) is 5.75 Å². The molecule has 0 saturated heterocycles. The molecule has 0 aliphatic rings. The van der Waals surface area contributed by atoms with E-state index in [0.717, 1.165) is 5.75 Å². The van der Waals surface area contributed by atoms with Crippen LogP contribution in [0, 0.1) is 0 Å². The summed E-state index contributed by atoms with van der Waals surface area (Å²) >= 11 is 0. The van der Waals surface area contributed by atoms with E-state index >= 15 is 0 Å². The Morgan fingerprint density at radius 1 is 1.30 bits per heavy atom. The van der Waals surface area contributed by atoms with Crippen molar-refractivity contribution in [3.63, 3.8) is 0 Å². The van der Waals surface area contributed by atoms with Gasteiger partial charge in [-0.05, 0) is 32.0 Å². The summed E-state index contributed by atoms with van der Waals surface area (Å²) in [5.74, 6) is 0.728. The molecule has 0 saturated carbocycles. The number of carbonyl (C=O) groups is 1. The molecule has 1 heterocycles. The predicted molar refractivity (Wildman–Crippen MR) is 76.5 cm³/mol. The molecule has 1 aromatic heterocycles. The summed E-state index contributed by atoms with van der Waals surface area (Å²) in [5, 5.41) is 6.92. The molecule has 2 aromatic rings. The van der Waals surface area contributed by atoms with Gasteiger partial charge in [0, 0.05) is 12.4 Å². The first-order chi connectivity index (χ1) is 9.66. The van der Waals surface area contributed by atoms with Gasteiger partial charge < -0.3 is 10.1 Å². The van der Waals surface area contributed by atoms with E-state index in [0.29, 0.717) is 6.54 Å². The first-order valence-electron chi connectivity index (χ1n) is 6.65. The maximum atomic E-state index is 12.0. The highest BCUT2D eigenvalue weighted by Gasteiger charge is 2.15. The third-order valence-corrected chi connectivity index (χ3v) is 2.95. The first kappa shape index (κ1) is 14.1. The minimum absolute atomic E-state index is 0.0720. The first-order valence-corrected chi connectivity index (χ1v) is 6.65. The number of para-hydroxylation sites is 1. The fourth-order valence-corrected chi connectivity index (χ4v) is 1.79. The Kier molecular flexibility index (Phi) is 4.76. The lowest BCUT2D eigenvalue weighted by Crippen LogP contribution is -2.37. The van der Waals surface area contributed by atoms with E-state index in [4.69, 9.17) is 4.74 Å². The number of hydrogen-bond acceptors (Lipinski definition) is 3. The van der Waals surface area contributed by atoms with Crippen LogP contribution in [0.25, 0.3) is 0 Å². The van der Waals surface area contributed by atoms with Crippen molar-refractivity contribution in [2.24, 2.45) is 0 Å². The van der Waals surface area contributed by atoms with Gasteiger partial charge in [0.25, 0.3) is 0 Å². The number of benzene rings is 1. The minimum atomic E-state index is -0.325. The van der Waals surface area contributed by atoms with Crippen LogP contribution in [-0.2, 0) is 4.79 Å². The number of carbonyl (C=O) groups excluding carboxylic acids is 1. The maximum Gasteiger partial charge on any atom is 0.244 e. The topological polar surface area (TPSA) is 56.2 Å². The van der Waals surface area contributed by atoms with Gasteiger partial charge in [-0.1, -0.05) is 18.2 Å². The molecule has 1 N–H and O–H groups in total. The molecule has 0 radical (unpaired) electrons. The third kappa shape index (κ3) is 3.85. The van der Waals surface area contributed by atoms with Gasteiger partial charge in [-0.3, -0.25) is 9.48 Å². The molecular formula is C15H19N3O2. The fraction of sp³-hybridized carbons (Fsp3) is 0.333. The number of hydrogen-bond donors (Lipinski definition) is 1. The molecule has 0 unspecified atom stereocenters. The Morgan fingerprint density at radius 2 is 2.05 bits per heavy atom. The molecule has 5 nitrogen and oxygen atoms in total. The normalized spacial score (nSPS) is 13.5. The number of nitrogens with zero attached hydrogens (tertiary/aromatic N) is 2. The number of aromatic nitrogens is 2. The molecule has 1 aromatic carbocycles. The molecule has 5 heteroatoms. The Hall–Kier alpha value is -2.30. The molecular weight excluding hydrogens is 254 g/mol. The van der Waals surface area contributed by atoms with Gasteiger partial charge in [0.05, 0.1) is 6.54 Å². The van der Waals surface area contributed by atoms with Crippen molar-refractivity contribution in [2.45, 2.75) is 26.0 Å². The number of amides is 1. The highest BCUT2D eigenvalue weighted by molar-refractivity contribution is 5.79. The lowest BCUT2D eigenvalue weighted by atomic mass is 10.3. The number of rotatable bonds is 6. The Morgan fingerprint density at radius 3 is 2.70 bits per heavy atom. The van der Waals surface area contributed by atoms with E-state index in [1.165, 1.54) is 0 Å². The van der Waals surface area contributed by atoms with Crippen LogP contribution in [0.2, 0.25) is 0 Å². The zero-order chi connectivity index (χ0) is 14.4. The van der Waals surface area contributed by atoms with E-state index in [-0.39, 0.29) is 18.1 Å². The van der Waals surface area contributed by atoms with Crippen LogP contribution >= 0.6 is 0 Å². The van der Waals surface area contributed by atoms with E-state index in [1.807, 2.05) is 44.2 Å². The molecule has 2 rings (SSSR count). The summed E-state index contributed by atoms with van der Waals surface area (Å²) in [5.41, 5.74) is 0. The highest BCUT2D eigenvalue weighted by Crippen LogP contribution is 2.10. The zero-order valence-corrected chi connectivity index (χ0v) is 11.7. The zero-order valence-electron chi connectivity index (χ0n) is 11.7. The van der Waals surface area contributed by atoms with Crippen LogP contribution in [-0.4, -0.2) is 28.3 Å². The number of ether oxygens (including phenoxy) is 1. The van der Waals surface area contributed by atoms with E-state index < -0.39 is 0 Å². The quantitative estimate of drug-likeness (QED) is 0.876. The minimum Gasteiger partial charge on any atom is -0.489 e. The Balaban J connectivity index is 1.78. The summed E-state index contributed by atoms with van der Waals surface area (Å²) in [6.07, 6.45) is 3.34. The molecule has 106 valence electrons. The fourth-order valence-electron chi connectivity index (χ4n) is 1.79. The van der Waals surface area contributed by atoms with Crippen molar-refractivity contribution in [1.82, 2.24) is 15.1 Å². The third-order valence-electron chi connectivity index (χ3n) is 2.95. The molecule has 1 amide bonds. The Bertz CT molecular complexity index is 525. The van der Waals surface area contributed by atoms with Gasteiger partial charge in [-0.2, -0.15) is 5.10 Å². The van der Waals surface area contributed by atoms with E-state index in [1.54, 1.807) is 23.1 Å². The van der Waals surface area contributed by atoms with Crippen LogP contribution in [0.5, 0.6) is 5.75 Å². The van der Waals surface area contributed by atoms with Crippen LogP contribution in [0.1, 0.15) is 19.9 Å². The second kappa shape index (κ2) is 6.75. The van der Waals surface area contributed by atoms with Crippen LogP contribution in [0.15, 0.2) is 48.8 Å². The van der Waals surface area contributed by atoms with Gasteiger partial charge >= 0.3 is 0 Å².